The van der Waals surface area contributed by atoms with Gasteiger partial charge in [-0.2, -0.15) is 4.31 Å². The van der Waals surface area contributed by atoms with Crippen molar-refractivity contribution in [3.63, 3.8) is 0 Å². The first-order chi connectivity index (χ1) is 12.8. The molecule has 6 heteroatoms. The monoisotopic (exact) mass is 406 g/mol. The Bertz CT molecular complexity index is 879. The number of nitrogens with zero attached hydrogens (tertiary/aromatic N) is 1. The van der Waals surface area contributed by atoms with Gasteiger partial charge in [-0.3, -0.25) is 0 Å². The Labute approximate surface area is 167 Å². The molecule has 0 atom stereocenters. The summed E-state index contributed by atoms with van der Waals surface area (Å²) in [6, 6.07) is 14.9. The van der Waals surface area contributed by atoms with Gasteiger partial charge in [-0.25, -0.2) is 8.42 Å². The van der Waals surface area contributed by atoms with Crippen molar-refractivity contribution in [2.45, 2.75) is 44.7 Å². The van der Waals surface area contributed by atoms with E-state index in [1.165, 1.54) is 0 Å². The molecule has 0 spiro atoms. The van der Waals surface area contributed by atoms with Gasteiger partial charge in [-0.1, -0.05) is 49.7 Å². The van der Waals surface area contributed by atoms with E-state index in [4.69, 9.17) is 11.6 Å². The van der Waals surface area contributed by atoms with Crippen LogP contribution in [0.15, 0.2) is 53.4 Å². The predicted molar refractivity (Wildman–Crippen MR) is 110 cm³/mol. The zero-order chi connectivity index (χ0) is 19.5. The Balaban J connectivity index is 1.66. The van der Waals surface area contributed by atoms with E-state index in [0.29, 0.717) is 31.1 Å². The zero-order valence-electron chi connectivity index (χ0n) is 15.9. The quantitative estimate of drug-likeness (QED) is 0.771. The second kappa shape index (κ2) is 8.31. The number of nitrogens with one attached hydrogen (secondary N) is 1. The van der Waals surface area contributed by atoms with Gasteiger partial charge in [0.15, 0.2) is 0 Å². The molecular formula is C21H27ClN2O2S. The lowest BCUT2D eigenvalue weighted by Crippen LogP contribution is -2.43. The molecule has 2 aromatic carbocycles. The van der Waals surface area contributed by atoms with Crippen molar-refractivity contribution < 1.29 is 8.42 Å². The molecule has 0 aliphatic carbocycles. The van der Waals surface area contributed by atoms with Crippen LogP contribution < -0.4 is 5.32 Å². The molecule has 0 bridgehead atoms. The molecule has 1 aliphatic rings. The van der Waals surface area contributed by atoms with Crippen LogP contribution in [0.3, 0.4) is 0 Å². The number of hydrogen-bond donors (Lipinski definition) is 1. The van der Waals surface area contributed by atoms with Crippen molar-refractivity contribution in [2.75, 3.05) is 13.1 Å². The van der Waals surface area contributed by atoms with E-state index in [1.807, 2.05) is 36.4 Å². The van der Waals surface area contributed by atoms with Crippen LogP contribution in [0.1, 0.15) is 37.8 Å². The Morgan fingerprint density at radius 3 is 2.48 bits per heavy atom. The average molecular weight is 407 g/mol. The Kier molecular flexibility index (Phi) is 6.26. The third-order valence-corrected chi connectivity index (χ3v) is 7.07. The van der Waals surface area contributed by atoms with Gasteiger partial charge in [0.25, 0.3) is 0 Å². The maximum Gasteiger partial charge on any atom is 0.243 e. The van der Waals surface area contributed by atoms with E-state index in [9.17, 15) is 8.42 Å². The van der Waals surface area contributed by atoms with Gasteiger partial charge in [0.05, 0.1) is 4.90 Å². The fraction of sp³-hybridized carbons (Fsp3) is 0.429. The van der Waals surface area contributed by atoms with E-state index in [2.05, 4.69) is 19.2 Å². The second-order valence-corrected chi connectivity index (χ2v) is 10.4. The summed E-state index contributed by atoms with van der Waals surface area (Å²) in [6.07, 6.45) is 1.97. The van der Waals surface area contributed by atoms with E-state index in [0.717, 1.165) is 29.0 Å². The number of sulfonamides is 1. The molecule has 2 aromatic rings. The van der Waals surface area contributed by atoms with Crippen molar-refractivity contribution >= 4 is 21.6 Å². The lowest BCUT2D eigenvalue weighted by Gasteiger charge is -2.37. The minimum Gasteiger partial charge on any atom is -0.309 e. The van der Waals surface area contributed by atoms with E-state index >= 15 is 0 Å². The SMILES string of the molecule is CC1(C)CCCN(S(=O)(=O)c2cccc(CNCc3ccc(Cl)cc3)c2)C1. The van der Waals surface area contributed by atoms with Crippen LogP contribution in [0.5, 0.6) is 0 Å². The summed E-state index contributed by atoms with van der Waals surface area (Å²) in [4.78, 5) is 0.381. The summed E-state index contributed by atoms with van der Waals surface area (Å²) in [5, 5.41) is 4.08. The fourth-order valence-electron chi connectivity index (χ4n) is 3.49. The summed E-state index contributed by atoms with van der Waals surface area (Å²) in [6.45, 7) is 6.75. The highest BCUT2D eigenvalue weighted by molar-refractivity contribution is 7.89. The lowest BCUT2D eigenvalue weighted by atomic mass is 9.85. The predicted octanol–water partition coefficient (Wildman–Crippen LogP) is 4.44. The number of piperidine rings is 1. The van der Waals surface area contributed by atoms with Crippen LogP contribution in [0.25, 0.3) is 0 Å². The van der Waals surface area contributed by atoms with Gasteiger partial charge < -0.3 is 5.32 Å². The van der Waals surface area contributed by atoms with E-state index in [-0.39, 0.29) is 5.41 Å². The summed E-state index contributed by atoms with van der Waals surface area (Å²) >= 11 is 5.90. The van der Waals surface area contributed by atoms with Crippen molar-refractivity contribution in [3.05, 3.63) is 64.7 Å². The average Bonchev–Trinajstić information content (AvgIpc) is 2.63. The first-order valence-corrected chi connectivity index (χ1v) is 11.1. The van der Waals surface area contributed by atoms with Crippen LogP contribution in [0, 0.1) is 5.41 Å². The first kappa shape index (κ1) is 20.3. The molecule has 0 saturated carbocycles. The number of hydrogen-bond acceptors (Lipinski definition) is 3. The van der Waals surface area contributed by atoms with Crippen molar-refractivity contribution in [1.29, 1.82) is 0 Å². The number of halogens is 1. The zero-order valence-corrected chi connectivity index (χ0v) is 17.5. The third-order valence-electron chi connectivity index (χ3n) is 4.97. The molecule has 0 amide bonds. The molecule has 1 N–H and O–H groups in total. The third kappa shape index (κ3) is 5.32. The first-order valence-electron chi connectivity index (χ1n) is 9.31. The maximum atomic E-state index is 13.0. The van der Waals surface area contributed by atoms with Crippen molar-refractivity contribution in [2.24, 2.45) is 5.41 Å². The summed E-state index contributed by atoms with van der Waals surface area (Å²) in [5.74, 6) is 0. The topological polar surface area (TPSA) is 49.4 Å². The van der Waals surface area contributed by atoms with Gasteiger partial charge in [0.1, 0.15) is 0 Å². The molecule has 0 aromatic heterocycles. The molecule has 1 aliphatic heterocycles. The summed E-state index contributed by atoms with van der Waals surface area (Å²) < 4.78 is 27.7. The van der Waals surface area contributed by atoms with Gasteiger partial charge >= 0.3 is 0 Å². The highest BCUT2D eigenvalue weighted by Gasteiger charge is 2.34. The summed E-state index contributed by atoms with van der Waals surface area (Å²) in [7, 11) is -3.45. The molecule has 3 rings (SSSR count). The van der Waals surface area contributed by atoms with Crippen LogP contribution in [-0.4, -0.2) is 25.8 Å². The largest absolute Gasteiger partial charge is 0.309 e. The van der Waals surface area contributed by atoms with Crippen LogP contribution >= 0.6 is 11.6 Å². The molecule has 0 radical (unpaired) electrons. The number of rotatable bonds is 6. The van der Waals surface area contributed by atoms with Crippen molar-refractivity contribution in [3.8, 4) is 0 Å². The Morgan fingerprint density at radius 2 is 1.78 bits per heavy atom. The van der Waals surface area contributed by atoms with Crippen LogP contribution in [-0.2, 0) is 23.1 Å². The molecular weight excluding hydrogens is 380 g/mol. The Hall–Kier alpha value is -1.40. The molecule has 4 nitrogen and oxygen atoms in total. The van der Waals surface area contributed by atoms with E-state index < -0.39 is 10.0 Å². The van der Waals surface area contributed by atoms with Gasteiger partial charge in [0, 0.05) is 31.2 Å². The maximum absolute atomic E-state index is 13.0. The molecule has 146 valence electrons. The molecule has 1 heterocycles. The van der Waals surface area contributed by atoms with Gasteiger partial charge in [-0.15, -0.1) is 0 Å². The smallest absolute Gasteiger partial charge is 0.243 e. The molecule has 1 fully saturated rings. The normalized spacial score (nSPS) is 17.7. The highest BCUT2D eigenvalue weighted by atomic mass is 35.5. The van der Waals surface area contributed by atoms with Crippen LogP contribution in [0.4, 0.5) is 0 Å². The molecule has 27 heavy (non-hydrogen) atoms. The van der Waals surface area contributed by atoms with Gasteiger partial charge in [-0.05, 0) is 53.6 Å². The molecule has 1 saturated heterocycles. The molecule has 0 unspecified atom stereocenters. The second-order valence-electron chi connectivity index (χ2n) is 7.98. The van der Waals surface area contributed by atoms with Gasteiger partial charge in [0.2, 0.25) is 10.0 Å². The van der Waals surface area contributed by atoms with Crippen molar-refractivity contribution in [1.82, 2.24) is 9.62 Å². The lowest BCUT2D eigenvalue weighted by molar-refractivity contribution is 0.187. The minimum atomic E-state index is -3.45. The van der Waals surface area contributed by atoms with E-state index in [1.54, 1.807) is 16.4 Å². The highest BCUT2D eigenvalue weighted by Crippen LogP contribution is 2.31. The number of benzene rings is 2. The fourth-order valence-corrected chi connectivity index (χ4v) is 5.36. The standard InChI is InChI=1S/C21H27ClN2O2S/c1-21(2)11-4-12-24(16-21)27(25,26)20-6-3-5-18(13-20)15-23-14-17-7-9-19(22)10-8-17/h3,5-10,13,23H,4,11-12,14-16H2,1-2H3. The summed E-state index contributed by atoms with van der Waals surface area (Å²) in [5.41, 5.74) is 2.13. The Morgan fingerprint density at radius 1 is 1.07 bits per heavy atom. The van der Waals surface area contributed by atoms with Crippen LogP contribution in [0.2, 0.25) is 5.02 Å². The minimum absolute atomic E-state index is 0.0308.